The molecule has 0 saturated carbocycles. The molecule has 2 rings (SSSR count). The Morgan fingerprint density at radius 2 is 1.75 bits per heavy atom. The average molecular weight is 336 g/mol. The van der Waals surface area contributed by atoms with Gasteiger partial charge >= 0.3 is 0 Å². The van der Waals surface area contributed by atoms with Crippen molar-refractivity contribution in [1.29, 1.82) is 0 Å². The number of nitrogens with one attached hydrogen (secondary N) is 1. The Hall–Kier alpha value is -1.19. The van der Waals surface area contributed by atoms with Gasteiger partial charge in [-0.25, -0.2) is 4.39 Å². The van der Waals surface area contributed by atoms with Crippen molar-refractivity contribution in [2.24, 2.45) is 0 Å². The monoisotopic (exact) mass is 335 g/mol. The second-order valence-corrected chi connectivity index (χ2v) is 6.12. The van der Waals surface area contributed by atoms with Crippen LogP contribution in [0.4, 0.5) is 4.39 Å². The zero-order chi connectivity index (χ0) is 14.7. The first-order valence-electron chi connectivity index (χ1n) is 6.69. The molecule has 0 heterocycles. The van der Waals surface area contributed by atoms with E-state index in [1.807, 2.05) is 19.2 Å². The van der Waals surface area contributed by atoms with Crippen molar-refractivity contribution in [1.82, 2.24) is 5.32 Å². The number of hydrogen-bond acceptors (Lipinski definition) is 1. The van der Waals surface area contributed by atoms with Crippen LogP contribution in [-0.4, -0.2) is 7.05 Å². The molecule has 0 aliphatic rings. The van der Waals surface area contributed by atoms with Crippen LogP contribution in [0.25, 0.3) is 0 Å². The maximum absolute atomic E-state index is 14.0. The summed E-state index contributed by atoms with van der Waals surface area (Å²) in [7, 11) is 1.92. The molecule has 0 spiro atoms. The minimum absolute atomic E-state index is 0.115. The summed E-state index contributed by atoms with van der Waals surface area (Å²) in [5.41, 5.74) is 4.40. The lowest BCUT2D eigenvalue weighted by Gasteiger charge is -2.18. The first kappa shape index (κ1) is 15.2. The van der Waals surface area contributed by atoms with E-state index in [2.05, 4.69) is 53.3 Å². The van der Waals surface area contributed by atoms with E-state index in [-0.39, 0.29) is 11.9 Å². The molecule has 0 radical (unpaired) electrons. The molecule has 0 fully saturated rings. The first-order valence-corrected chi connectivity index (χ1v) is 7.48. The topological polar surface area (TPSA) is 12.0 Å². The van der Waals surface area contributed by atoms with Crippen molar-refractivity contribution in [3.8, 4) is 0 Å². The minimum atomic E-state index is -0.163. The Bertz CT molecular complexity index is 590. The first-order chi connectivity index (χ1) is 9.49. The van der Waals surface area contributed by atoms with Crippen molar-refractivity contribution in [2.45, 2.75) is 26.3 Å². The molecular weight excluding hydrogens is 317 g/mol. The van der Waals surface area contributed by atoms with Gasteiger partial charge in [-0.05, 0) is 50.6 Å². The van der Waals surface area contributed by atoms with E-state index in [1.165, 1.54) is 22.8 Å². The third-order valence-electron chi connectivity index (χ3n) is 3.43. The van der Waals surface area contributed by atoms with E-state index in [4.69, 9.17) is 0 Å². The highest BCUT2D eigenvalue weighted by atomic mass is 79.9. The van der Waals surface area contributed by atoms with Gasteiger partial charge in [-0.1, -0.05) is 51.3 Å². The SMILES string of the molecule is CNC(Cc1ccc(Br)cc1F)c1cc(C)cc(C)c1. The maximum Gasteiger partial charge on any atom is 0.127 e. The second kappa shape index (κ2) is 6.51. The van der Waals surface area contributed by atoms with Gasteiger partial charge in [-0.15, -0.1) is 0 Å². The van der Waals surface area contributed by atoms with Crippen LogP contribution in [0.5, 0.6) is 0 Å². The Morgan fingerprint density at radius 3 is 2.30 bits per heavy atom. The second-order valence-electron chi connectivity index (χ2n) is 5.20. The van der Waals surface area contributed by atoms with Crippen molar-refractivity contribution in [3.05, 3.63) is 68.9 Å². The van der Waals surface area contributed by atoms with Gasteiger partial charge in [0, 0.05) is 10.5 Å². The van der Waals surface area contributed by atoms with Crippen LogP contribution in [0, 0.1) is 19.7 Å². The molecule has 20 heavy (non-hydrogen) atoms. The Morgan fingerprint density at radius 1 is 1.10 bits per heavy atom. The number of hydrogen-bond donors (Lipinski definition) is 1. The van der Waals surface area contributed by atoms with E-state index < -0.39 is 0 Å². The molecule has 2 aromatic carbocycles. The van der Waals surface area contributed by atoms with E-state index in [9.17, 15) is 4.39 Å². The largest absolute Gasteiger partial charge is 0.313 e. The maximum atomic E-state index is 14.0. The highest BCUT2D eigenvalue weighted by molar-refractivity contribution is 9.10. The van der Waals surface area contributed by atoms with Gasteiger partial charge in [0.05, 0.1) is 0 Å². The van der Waals surface area contributed by atoms with Gasteiger partial charge in [0.15, 0.2) is 0 Å². The van der Waals surface area contributed by atoms with Crippen LogP contribution in [0.15, 0.2) is 40.9 Å². The molecule has 2 aromatic rings. The Labute approximate surface area is 128 Å². The van der Waals surface area contributed by atoms with Gasteiger partial charge in [0.25, 0.3) is 0 Å². The molecule has 3 heteroatoms. The summed E-state index contributed by atoms with van der Waals surface area (Å²) in [5, 5.41) is 3.28. The summed E-state index contributed by atoms with van der Waals surface area (Å²) in [6, 6.07) is 11.8. The van der Waals surface area contributed by atoms with E-state index in [0.29, 0.717) is 6.42 Å². The summed E-state index contributed by atoms with van der Waals surface area (Å²) >= 11 is 3.29. The van der Waals surface area contributed by atoms with Crippen molar-refractivity contribution in [3.63, 3.8) is 0 Å². The summed E-state index contributed by atoms with van der Waals surface area (Å²) in [5.74, 6) is -0.163. The molecule has 1 nitrogen and oxygen atoms in total. The fourth-order valence-corrected chi connectivity index (χ4v) is 2.84. The van der Waals surface area contributed by atoms with Crippen LogP contribution >= 0.6 is 15.9 Å². The van der Waals surface area contributed by atoms with E-state index in [0.717, 1.165) is 10.0 Å². The minimum Gasteiger partial charge on any atom is -0.313 e. The third kappa shape index (κ3) is 3.68. The predicted octanol–water partition coefficient (Wildman–Crippen LogP) is 4.71. The van der Waals surface area contributed by atoms with Crippen LogP contribution < -0.4 is 5.32 Å². The van der Waals surface area contributed by atoms with Crippen molar-refractivity contribution < 1.29 is 4.39 Å². The zero-order valence-electron chi connectivity index (χ0n) is 12.0. The van der Waals surface area contributed by atoms with Gasteiger partial charge < -0.3 is 5.32 Å². The van der Waals surface area contributed by atoms with E-state index in [1.54, 1.807) is 0 Å². The molecule has 1 unspecified atom stereocenters. The number of aryl methyl sites for hydroxylation is 2. The molecule has 0 aromatic heterocycles. The van der Waals surface area contributed by atoms with Crippen LogP contribution in [-0.2, 0) is 6.42 Å². The molecule has 1 atom stereocenters. The van der Waals surface area contributed by atoms with E-state index >= 15 is 0 Å². The highest BCUT2D eigenvalue weighted by Crippen LogP contribution is 2.23. The Kier molecular flexibility index (Phi) is 4.95. The molecular formula is C17H19BrFN. The Balaban J connectivity index is 2.28. The van der Waals surface area contributed by atoms with Gasteiger partial charge in [0.2, 0.25) is 0 Å². The quantitative estimate of drug-likeness (QED) is 0.853. The molecule has 0 bridgehead atoms. The van der Waals surface area contributed by atoms with Crippen LogP contribution in [0.1, 0.15) is 28.3 Å². The highest BCUT2D eigenvalue weighted by Gasteiger charge is 2.13. The predicted molar refractivity (Wildman–Crippen MR) is 85.5 cm³/mol. The van der Waals surface area contributed by atoms with Crippen molar-refractivity contribution in [2.75, 3.05) is 7.05 Å². The van der Waals surface area contributed by atoms with Gasteiger partial charge in [-0.3, -0.25) is 0 Å². The number of benzene rings is 2. The molecule has 106 valence electrons. The van der Waals surface area contributed by atoms with Crippen LogP contribution in [0.2, 0.25) is 0 Å². The lowest BCUT2D eigenvalue weighted by Crippen LogP contribution is -2.19. The van der Waals surface area contributed by atoms with Gasteiger partial charge in [0.1, 0.15) is 5.82 Å². The van der Waals surface area contributed by atoms with Crippen molar-refractivity contribution >= 4 is 15.9 Å². The molecule has 0 amide bonds. The summed E-state index contributed by atoms with van der Waals surface area (Å²) < 4.78 is 14.7. The number of likely N-dealkylation sites (N-methyl/N-ethyl adjacent to an activating group) is 1. The third-order valence-corrected chi connectivity index (χ3v) is 3.93. The average Bonchev–Trinajstić information content (AvgIpc) is 2.36. The summed E-state index contributed by atoms with van der Waals surface area (Å²) in [6.07, 6.45) is 0.637. The molecule has 0 saturated heterocycles. The smallest absolute Gasteiger partial charge is 0.127 e. The molecule has 1 N–H and O–H groups in total. The fraction of sp³-hybridized carbons (Fsp3) is 0.294. The summed E-state index contributed by atoms with van der Waals surface area (Å²) in [6.45, 7) is 4.17. The zero-order valence-corrected chi connectivity index (χ0v) is 13.6. The lowest BCUT2D eigenvalue weighted by atomic mass is 9.96. The molecule has 0 aliphatic carbocycles. The normalized spacial score (nSPS) is 12.4. The lowest BCUT2D eigenvalue weighted by molar-refractivity contribution is 0.553. The summed E-state index contributed by atoms with van der Waals surface area (Å²) in [4.78, 5) is 0. The molecule has 0 aliphatic heterocycles. The fourth-order valence-electron chi connectivity index (χ4n) is 2.50. The standard InChI is InChI=1S/C17H19BrFN/c1-11-6-12(2)8-14(7-11)17(20-3)9-13-4-5-15(18)10-16(13)19/h4-8,10,17,20H,9H2,1-3H3. The number of rotatable bonds is 4. The van der Waals surface area contributed by atoms with Crippen LogP contribution in [0.3, 0.4) is 0 Å². The number of halogens is 2. The van der Waals surface area contributed by atoms with Gasteiger partial charge in [-0.2, -0.15) is 0 Å².